The van der Waals surface area contributed by atoms with Crippen LogP contribution in [0.15, 0.2) is 11.0 Å². The van der Waals surface area contributed by atoms with Gasteiger partial charge in [-0.1, -0.05) is 0 Å². The molecule has 0 saturated heterocycles. The predicted molar refractivity (Wildman–Crippen MR) is 42.2 cm³/mol. The summed E-state index contributed by atoms with van der Waals surface area (Å²) in [6, 6.07) is 0. The first-order valence-corrected chi connectivity index (χ1v) is 3.72. The number of carbonyl (C=O) groups excluding carboxylic acids is 1. The second-order valence-electron chi connectivity index (χ2n) is 2.34. The van der Waals surface area contributed by atoms with Crippen LogP contribution in [0.1, 0.15) is 22.3 Å². The predicted octanol–water partition coefficient (Wildman–Crippen LogP) is 1.83. The molecular weight excluding hydrogens is 223 g/mol. The number of nitrogens with one attached hydrogen (secondary N) is 1. The van der Waals surface area contributed by atoms with Crippen LogP contribution in [-0.2, 0) is 0 Å². The summed E-state index contributed by atoms with van der Waals surface area (Å²) in [4.78, 5) is 22.9. The molecule has 0 aliphatic rings. The van der Waals surface area contributed by atoms with Crippen LogP contribution in [-0.4, -0.2) is 10.2 Å². The minimum absolute atomic E-state index is 0.561. The van der Waals surface area contributed by atoms with Gasteiger partial charge in [0.05, 0.1) is 5.56 Å². The Morgan fingerprint density at radius 2 is 2.07 bits per heavy atom. The number of alkyl halides is 2. The van der Waals surface area contributed by atoms with Crippen LogP contribution in [0, 0.1) is 5.82 Å². The second-order valence-corrected chi connectivity index (χ2v) is 2.68. The van der Waals surface area contributed by atoms with Crippen LogP contribution in [0.4, 0.5) is 13.2 Å². The summed E-state index contributed by atoms with van der Waals surface area (Å²) in [7, 11) is 0. The Bertz CT molecular complexity index is 429. The summed E-state index contributed by atoms with van der Waals surface area (Å²) in [5, 5.41) is -1.43. The van der Waals surface area contributed by atoms with E-state index in [1.807, 2.05) is 0 Å². The van der Waals surface area contributed by atoms with Gasteiger partial charge in [0.2, 0.25) is 5.82 Å². The van der Waals surface area contributed by atoms with Gasteiger partial charge in [0.1, 0.15) is 0 Å². The number of rotatable bonds is 2. The first-order valence-electron chi connectivity index (χ1n) is 3.34. The Morgan fingerprint density at radius 3 is 2.50 bits per heavy atom. The lowest BCUT2D eigenvalue weighted by molar-refractivity contribution is 0.106. The Hall–Kier alpha value is -1.30. The molecule has 0 atom stereocenters. The van der Waals surface area contributed by atoms with Crippen LogP contribution in [0.3, 0.4) is 0 Å². The van der Waals surface area contributed by atoms with Crippen LogP contribution in [0.5, 0.6) is 0 Å². The number of pyridine rings is 1. The quantitative estimate of drug-likeness (QED) is 0.781. The van der Waals surface area contributed by atoms with Gasteiger partial charge in [-0.15, -0.1) is 0 Å². The fourth-order valence-electron chi connectivity index (χ4n) is 0.891. The molecule has 76 valence electrons. The average molecular weight is 226 g/mol. The molecule has 3 nitrogen and oxygen atoms in total. The molecule has 0 bridgehead atoms. The summed E-state index contributed by atoms with van der Waals surface area (Å²) in [6.45, 7) is 0. The molecule has 1 rings (SSSR count). The van der Waals surface area contributed by atoms with E-state index >= 15 is 0 Å². The summed E-state index contributed by atoms with van der Waals surface area (Å²) >= 11 is 4.86. The van der Waals surface area contributed by atoms with Crippen LogP contribution < -0.4 is 5.56 Å². The number of aromatic amines is 1. The highest BCUT2D eigenvalue weighted by atomic mass is 35.5. The molecule has 0 unspecified atom stereocenters. The van der Waals surface area contributed by atoms with Crippen LogP contribution >= 0.6 is 11.6 Å². The van der Waals surface area contributed by atoms with E-state index in [9.17, 15) is 22.8 Å². The molecule has 1 aromatic heterocycles. The minimum atomic E-state index is -3.08. The fraction of sp³-hybridized carbons (Fsp3) is 0.143. The van der Waals surface area contributed by atoms with E-state index in [4.69, 9.17) is 11.6 Å². The van der Waals surface area contributed by atoms with E-state index < -0.39 is 34.2 Å². The van der Waals surface area contributed by atoms with Crippen molar-refractivity contribution in [2.75, 3.05) is 0 Å². The molecule has 7 heteroatoms. The van der Waals surface area contributed by atoms with Gasteiger partial charge in [0.15, 0.2) is 0 Å². The van der Waals surface area contributed by atoms with Crippen molar-refractivity contribution in [3.63, 3.8) is 0 Å². The van der Waals surface area contributed by atoms with Crippen molar-refractivity contribution in [2.45, 2.75) is 6.43 Å². The van der Waals surface area contributed by atoms with Crippen molar-refractivity contribution < 1.29 is 18.0 Å². The Morgan fingerprint density at radius 1 is 1.50 bits per heavy atom. The Labute approximate surface area is 80.5 Å². The number of carbonyl (C=O) groups is 1. The molecule has 1 aromatic rings. The lowest BCUT2D eigenvalue weighted by Crippen LogP contribution is -2.17. The van der Waals surface area contributed by atoms with Gasteiger partial charge in [-0.2, -0.15) is 0 Å². The highest BCUT2D eigenvalue weighted by Crippen LogP contribution is 2.23. The van der Waals surface area contributed by atoms with E-state index in [1.54, 1.807) is 4.98 Å². The molecule has 0 aliphatic carbocycles. The maximum Gasteiger partial charge on any atom is 0.284 e. The van der Waals surface area contributed by atoms with Crippen LogP contribution in [0.2, 0.25) is 0 Å². The molecule has 14 heavy (non-hydrogen) atoms. The molecule has 0 spiro atoms. The summed E-state index contributed by atoms with van der Waals surface area (Å²) in [5.74, 6) is -1.59. The van der Waals surface area contributed by atoms with Gasteiger partial charge in [-0.05, 0) is 11.6 Å². The first-order chi connectivity index (χ1) is 6.45. The van der Waals surface area contributed by atoms with Crippen LogP contribution in [0.25, 0.3) is 0 Å². The van der Waals surface area contributed by atoms with E-state index in [0.717, 1.165) is 0 Å². The lowest BCUT2D eigenvalue weighted by Gasteiger charge is -2.04. The van der Waals surface area contributed by atoms with Crippen molar-refractivity contribution in [3.8, 4) is 0 Å². The first kappa shape index (κ1) is 10.8. The number of aromatic nitrogens is 1. The van der Waals surface area contributed by atoms with E-state index in [2.05, 4.69) is 0 Å². The number of hydrogen-bond acceptors (Lipinski definition) is 2. The van der Waals surface area contributed by atoms with Gasteiger partial charge >= 0.3 is 0 Å². The highest BCUT2D eigenvalue weighted by Gasteiger charge is 2.23. The number of halogens is 4. The molecular formula is C7H3ClF3NO2. The summed E-state index contributed by atoms with van der Waals surface area (Å²) in [6.07, 6.45) is -2.52. The molecule has 1 heterocycles. The molecule has 1 N–H and O–H groups in total. The lowest BCUT2D eigenvalue weighted by atomic mass is 10.1. The molecule has 0 amide bonds. The van der Waals surface area contributed by atoms with Crippen molar-refractivity contribution in [2.24, 2.45) is 0 Å². The zero-order valence-electron chi connectivity index (χ0n) is 6.48. The smallest absolute Gasteiger partial charge is 0.284 e. The molecule has 0 aromatic carbocycles. The maximum atomic E-state index is 12.9. The number of H-pyrrole nitrogens is 1. The average Bonchev–Trinajstić information content (AvgIpc) is 2.08. The molecule has 0 aliphatic heterocycles. The second kappa shape index (κ2) is 3.83. The normalized spacial score (nSPS) is 10.6. The monoisotopic (exact) mass is 225 g/mol. The highest BCUT2D eigenvalue weighted by molar-refractivity contribution is 6.67. The number of hydrogen-bond donors (Lipinski definition) is 1. The van der Waals surface area contributed by atoms with E-state index in [-0.39, 0.29) is 0 Å². The van der Waals surface area contributed by atoms with Gasteiger partial charge in [-0.3, -0.25) is 9.59 Å². The van der Waals surface area contributed by atoms with Gasteiger partial charge in [-0.25, -0.2) is 13.2 Å². The van der Waals surface area contributed by atoms with Crippen molar-refractivity contribution in [3.05, 3.63) is 33.5 Å². The largest absolute Gasteiger partial charge is 0.326 e. The maximum absolute atomic E-state index is 12.9. The zero-order valence-corrected chi connectivity index (χ0v) is 7.24. The standard InChI is InChI=1S/C7H3ClF3NO2/c8-5(13)3-2(6(10)11)1-12-7(14)4(3)9/h1,6H,(H,12,14). The zero-order chi connectivity index (χ0) is 10.9. The fourth-order valence-corrected chi connectivity index (χ4v) is 1.08. The minimum Gasteiger partial charge on any atom is -0.326 e. The van der Waals surface area contributed by atoms with E-state index in [0.29, 0.717) is 6.20 Å². The third kappa shape index (κ3) is 1.79. The SMILES string of the molecule is O=C(Cl)c1c(C(F)F)c[nH]c(=O)c1F. The van der Waals surface area contributed by atoms with Gasteiger partial charge in [0.25, 0.3) is 17.2 Å². The molecule has 0 radical (unpaired) electrons. The van der Waals surface area contributed by atoms with E-state index in [1.165, 1.54) is 0 Å². The van der Waals surface area contributed by atoms with Gasteiger partial charge < -0.3 is 4.98 Å². The Balaban J connectivity index is 3.54. The molecule has 0 fully saturated rings. The summed E-state index contributed by atoms with van der Waals surface area (Å²) < 4.78 is 37.3. The third-order valence-corrected chi connectivity index (χ3v) is 1.69. The third-order valence-electron chi connectivity index (χ3n) is 1.50. The van der Waals surface area contributed by atoms with Crippen molar-refractivity contribution in [1.29, 1.82) is 0 Å². The van der Waals surface area contributed by atoms with Crippen molar-refractivity contribution >= 4 is 16.8 Å². The van der Waals surface area contributed by atoms with Crippen molar-refractivity contribution in [1.82, 2.24) is 4.98 Å². The Kier molecular flexibility index (Phi) is 2.95. The summed E-state index contributed by atoms with van der Waals surface area (Å²) in [5.41, 5.74) is -3.27. The molecule has 0 saturated carbocycles. The van der Waals surface area contributed by atoms with Gasteiger partial charge in [0, 0.05) is 11.8 Å². The topological polar surface area (TPSA) is 49.9 Å².